The summed E-state index contributed by atoms with van der Waals surface area (Å²) in [6, 6.07) is 9.18. The Labute approximate surface area is 234 Å². The van der Waals surface area contributed by atoms with Gasteiger partial charge in [0.25, 0.3) is 6.43 Å². The van der Waals surface area contributed by atoms with Crippen LogP contribution in [0.3, 0.4) is 0 Å². The van der Waals surface area contributed by atoms with E-state index in [1.54, 1.807) is 0 Å². The van der Waals surface area contributed by atoms with E-state index in [4.69, 9.17) is 0 Å². The zero-order chi connectivity index (χ0) is 29.1. The maximum absolute atomic E-state index is 13.8. The number of piperazine rings is 1. The first-order valence-corrected chi connectivity index (χ1v) is 13.0. The minimum Gasteiger partial charge on any atom is -0.391 e. The average Bonchev–Trinajstić information content (AvgIpc) is 3.23. The molecule has 1 aromatic heterocycles. The number of halogens is 4. The molecule has 3 aromatic rings. The second-order valence-electron chi connectivity index (χ2n) is 12.4. The van der Waals surface area contributed by atoms with E-state index in [1.165, 1.54) is 23.1 Å². The first-order valence-electron chi connectivity index (χ1n) is 13.0. The molecular formula is C21H30B8F4N6. The average molecular weight is 529 g/mol. The second-order valence-corrected chi connectivity index (χ2v) is 12.4. The number of aromatic nitrogens is 3. The molecular weight excluding hydrogens is 499 g/mol. The smallest absolute Gasteiger partial charge is 0.251 e. The fourth-order valence-corrected chi connectivity index (χ4v) is 6.05. The Kier molecular flexibility index (Phi) is 7.37. The highest BCUT2D eigenvalue weighted by Crippen LogP contribution is 2.45. The van der Waals surface area contributed by atoms with Crippen LogP contribution in [0.25, 0.3) is 5.69 Å². The van der Waals surface area contributed by atoms with Gasteiger partial charge in [-0.2, -0.15) is 4.98 Å². The van der Waals surface area contributed by atoms with Gasteiger partial charge in [-0.1, -0.05) is 0 Å². The van der Waals surface area contributed by atoms with Gasteiger partial charge in [0.15, 0.2) is 0 Å². The summed E-state index contributed by atoms with van der Waals surface area (Å²) in [5.74, 6) is -1.15. The molecule has 1 saturated heterocycles. The summed E-state index contributed by atoms with van der Waals surface area (Å²) in [4.78, 5) is 8.55. The van der Waals surface area contributed by atoms with Gasteiger partial charge in [0.05, 0.1) is 12.2 Å². The second kappa shape index (κ2) is 9.78. The molecule has 0 saturated carbocycles. The van der Waals surface area contributed by atoms with E-state index in [-0.39, 0.29) is 18.2 Å². The van der Waals surface area contributed by atoms with Gasteiger partial charge in [-0.3, -0.25) is 0 Å². The van der Waals surface area contributed by atoms with Gasteiger partial charge in [0.2, 0.25) is 5.95 Å². The quantitative estimate of drug-likeness (QED) is 0.259. The highest BCUT2D eigenvalue weighted by Gasteiger charge is 2.61. The summed E-state index contributed by atoms with van der Waals surface area (Å²) >= 11 is 0. The molecule has 1 aliphatic heterocycles. The molecule has 0 aliphatic carbocycles. The van der Waals surface area contributed by atoms with E-state index >= 15 is 0 Å². The van der Waals surface area contributed by atoms with E-state index in [0.717, 1.165) is 23.0 Å². The molecule has 18 heteroatoms. The minimum absolute atomic E-state index is 0.215. The molecule has 39 heavy (non-hydrogen) atoms. The molecule has 0 atom stereocenters. The number of benzene rings is 2. The molecule has 1 aliphatic rings. The third-order valence-corrected chi connectivity index (χ3v) is 8.96. The van der Waals surface area contributed by atoms with Crippen LogP contribution >= 0.6 is 0 Å². The predicted molar refractivity (Wildman–Crippen MR) is 170 cm³/mol. The summed E-state index contributed by atoms with van der Waals surface area (Å²) in [7, 11) is 16.5. The van der Waals surface area contributed by atoms with Gasteiger partial charge in [0.1, 0.15) is 80.7 Å². The van der Waals surface area contributed by atoms with Crippen LogP contribution in [-0.4, -0.2) is 117 Å². The van der Waals surface area contributed by atoms with E-state index in [1.807, 2.05) is 55.3 Å². The molecule has 0 amide bonds. The fourth-order valence-electron chi connectivity index (χ4n) is 6.05. The lowest BCUT2D eigenvalue weighted by Crippen LogP contribution is -2.92. The number of nitrogens with one attached hydrogen (secondary N) is 1. The molecule has 0 radical (unpaired) electrons. The van der Waals surface area contributed by atoms with Gasteiger partial charge in [-0.15, -0.1) is 5.10 Å². The van der Waals surface area contributed by atoms with E-state index in [2.05, 4.69) is 57.8 Å². The van der Waals surface area contributed by atoms with Crippen molar-refractivity contribution in [3.05, 3.63) is 59.9 Å². The van der Waals surface area contributed by atoms with Gasteiger partial charge >= 0.3 is 0 Å². The molecule has 0 bridgehead atoms. The molecule has 0 spiro atoms. The van der Waals surface area contributed by atoms with Crippen LogP contribution in [0.1, 0.15) is 5.56 Å². The standard InChI is InChI=1S/C21H30B8F4N6/c1-10-2-13(35-17-34-9-37(36-17)14-5-11(30)4-12(31)6-14)7-15(3-10)39-20(26,27)18(22,23)38(8-16(32)33)19(24,25)21(39,28)29/h2-7,9,16H,8,22-29H2,1H3,(H,35,36). The monoisotopic (exact) mass is 530 g/mol. The van der Waals surface area contributed by atoms with Gasteiger partial charge < -0.3 is 15.1 Å². The van der Waals surface area contributed by atoms with Crippen LogP contribution in [0.2, 0.25) is 0 Å². The van der Waals surface area contributed by atoms with Crippen LogP contribution in [0.15, 0.2) is 42.7 Å². The summed E-state index contributed by atoms with van der Waals surface area (Å²) in [5.41, 5.74) is 2.86. The molecule has 2 aromatic carbocycles. The van der Waals surface area contributed by atoms with Crippen LogP contribution in [-0.2, 0) is 0 Å². The van der Waals surface area contributed by atoms with Crippen LogP contribution < -0.4 is 10.2 Å². The first kappa shape index (κ1) is 29.4. The number of alkyl halides is 2. The largest absolute Gasteiger partial charge is 0.391 e. The van der Waals surface area contributed by atoms with Gasteiger partial charge in [-0.25, -0.2) is 22.2 Å². The van der Waals surface area contributed by atoms with Crippen LogP contribution in [0, 0.1) is 18.6 Å². The van der Waals surface area contributed by atoms with Crippen molar-refractivity contribution in [2.24, 2.45) is 0 Å². The normalized spacial score (nSPS) is 19.7. The molecule has 1 N–H and O–H groups in total. The fraction of sp³-hybridized carbons (Fsp3) is 0.333. The molecule has 0 unspecified atom stereocenters. The lowest BCUT2D eigenvalue weighted by Gasteiger charge is -2.75. The number of anilines is 3. The van der Waals surface area contributed by atoms with Crippen LogP contribution in [0.4, 0.5) is 34.9 Å². The van der Waals surface area contributed by atoms with Crippen molar-refractivity contribution < 1.29 is 17.6 Å². The summed E-state index contributed by atoms with van der Waals surface area (Å²) in [6.45, 7) is 1.67. The number of aryl methyl sites for hydroxylation is 1. The Bertz CT molecular complexity index is 1340. The summed E-state index contributed by atoms with van der Waals surface area (Å²) in [5, 5.41) is 5.23. The lowest BCUT2D eigenvalue weighted by molar-refractivity contribution is 0.0287. The first-order chi connectivity index (χ1) is 17.9. The number of rotatable bonds is 6. The predicted octanol–water partition coefficient (Wildman–Crippen LogP) is -4.34. The lowest BCUT2D eigenvalue weighted by atomic mass is 9.26. The zero-order valence-electron chi connectivity index (χ0n) is 24.1. The number of hydrogen-bond donors (Lipinski definition) is 1. The third-order valence-electron chi connectivity index (χ3n) is 8.96. The van der Waals surface area contributed by atoms with Crippen molar-refractivity contribution in [3.8, 4) is 5.69 Å². The van der Waals surface area contributed by atoms with Crippen molar-refractivity contribution in [3.63, 3.8) is 0 Å². The highest BCUT2D eigenvalue weighted by molar-refractivity contribution is 6.62. The SMILES string of the molecule is BC1(B)N(CC(F)F)C(B)(B)C(B)(B)N(c2cc(C)cc(Nc3ncn(-c4cc(F)cc(F)c4)n3)c2)C1(B)B. The molecule has 4 rings (SSSR count). The van der Waals surface area contributed by atoms with Gasteiger partial charge in [0, 0.05) is 17.4 Å². The van der Waals surface area contributed by atoms with Crippen molar-refractivity contribution in [2.45, 2.75) is 34.7 Å². The maximum atomic E-state index is 13.8. The summed E-state index contributed by atoms with van der Waals surface area (Å²) in [6.07, 6.45) is -1.07. The van der Waals surface area contributed by atoms with Crippen molar-refractivity contribution in [1.29, 1.82) is 0 Å². The molecule has 1 fully saturated rings. The topological polar surface area (TPSA) is 49.2 Å². The van der Waals surface area contributed by atoms with Crippen molar-refractivity contribution in [2.75, 3.05) is 16.8 Å². The Morgan fingerprint density at radius 2 is 1.36 bits per heavy atom. The number of nitrogens with zero attached hydrogens (tertiary/aromatic N) is 5. The maximum Gasteiger partial charge on any atom is 0.251 e. The highest BCUT2D eigenvalue weighted by atomic mass is 19.3. The molecule has 6 nitrogen and oxygen atoms in total. The van der Waals surface area contributed by atoms with Crippen LogP contribution in [0.5, 0.6) is 0 Å². The Morgan fingerprint density at radius 3 is 1.90 bits per heavy atom. The zero-order valence-corrected chi connectivity index (χ0v) is 24.1. The third kappa shape index (κ3) is 5.05. The van der Waals surface area contributed by atoms with Crippen molar-refractivity contribution in [1.82, 2.24) is 19.7 Å². The number of hydrogen-bond acceptors (Lipinski definition) is 5. The van der Waals surface area contributed by atoms with Gasteiger partial charge in [-0.05, 0) is 64.2 Å². The molecule has 196 valence electrons. The Balaban J connectivity index is 1.73. The minimum atomic E-state index is -2.45. The van der Waals surface area contributed by atoms with E-state index < -0.39 is 39.4 Å². The Morgan fingerprint density at radius 1 is 0.795 bits per heavy atom. The van der Waals surface area contributed by atoms with Crippen molar-refractivity contribution >= 4 is 80.1 Å². The van der Waals surface area contributed by atoms with E-state index in [0.29, 0.717) is 0 Å². The summed E-state index contributed by atoms with van der Waals surface area (Å²) < 4.78 is 56.2. The molecule has 2 heterocycles. The van der Waals surface area contributed by atoms with E-state index in [9.17, 15) is 17.6 Å². The Hall–Kier alpha value is -2.62.